The van der Waals surface area contributed by atoms with E-state index in [1.165, 1.54) is 12.1 Å². The molecular weight excluding hydrogens is 324 g/mol. The maximum absolute atomic E-state index is 10.8. The number of hydrogen-bond donors (Lipinski definition) is 0. The number of nitro benzene ring substituents is 1. The van der Waals surface area contributed by atoms with Crippen LogP contribution in [-0.2, 0) is 6.54 Å². The molecule has 25 heavy (non-hydrogen) atoms. The highest BCUT2D eigenvalue weighted by molar-refractivity contribution is 5.44. The molecule has 0 aliphatic carbocycles. The summed E-state index contributed by atoms with van der Waals surface area (Å²) in [4.78, 5) is 12.6. The van der Waals surface area contributed by atoms with Gasteiger partial charge in [-0.15, -0.1) is 0 Å². The van der Waals surface area contributed by atoms with Crippen molar-refractivity contribution in [3.05, 3.63) is 58.1 Å². The first-order valence-electron chi connectivity index (χ1n) is 8.14. The van der Waals surface area contributed by atoms with E-state index in [1.807, 2.05) is 18.2 Å². The molecule has 0 saturated carbocycles. The molecule has 0 N–H and O–H groups in total. The Balaban J connectivity index is 1.52. The van der Waals surface area contributed by atoms with Crippen LogP contribution in [-0.4, -0.2) is 36.3 Å². The second-order valence-corrected chi connectivity index (χ2v) is 5.66. The summed E-state index contributed by atoms with van der Waals surface area (Å²) in [5, 5.41) is 10.8. The minimum Gasteiger partial charge on any atom is -0.492 e. The van der Waals surface area contributed by atoms with E-state index in [4.69, 9.17) is 14.2 Å². The minimum atomic E-state index is -0.426. The normalized spacial score (nSPS) is 12.4. The third kappa shape index (κ3) is 4.39. The van der Waals surface area contributed by atoms with Crippen LogP contribution >= 0.6 is 0 Å². The fourth-order valence-electron chi connectivity index (χ4n) is 2.63. The standard InChI is InChI=1S/C18H20N2O5/c1-2-19(12-14-6-7-17-18(10-14)25-13-24-17)8-9-23-16-5-3-4-15(11-16)20(21)22/h3-7,10-11H,2,8-9,12-13H2,1H3. The van der Waals surface area contributed by atoms with Gasteiger partial charge < -0.3 is 14.2 Å². The van der Waals surface area contributed by atoms with E-state index in [1.54, 1.807) is 12.1 Å². The highest BCUT2D eigenvalue weighted by Crippen LogP contribution is 2.32. The summed E-state index contributed by atoms with van der Waals surface area (Å²) in [7, 11) is 0. The van der Waals surface area contributed by atoms with E-state index in [2.05, 4.69) is 11.8 Å². The third-order valence-electron chi connectivity index (χ3n) is 4.00. The molecule has 0 fully saturated rings. The lowest BCUT2D eigenvalue weighted by Crippen LogP contribution is -2.27. The van der Waals surface area contributed by atoms with Gasteiger partial charge in [0.1, 0.15) is 12.4 Å². The summed E-state index contributed by atoms with van der Waals surface area (Å²) in [6.07, 6.45) is 0. The van der Waals surface area contributed by atoms with Gasteiger partial charge in [0.2, 0.25) is 6.79 Å². The van der Waals surface area contributed by atoms with Crippen LogP contribution in [0.2, 0.25) is 0 Å². The number of nitrogens with zero attached hydrogens (tertiary/aromatic N) is 2. The topological polar surface area (TPSA) is 74.1 Å². The molecule has 2 aromatic rings. The van der Waals surface area contributed by atoms with E-state index in [0.717, 1.165) is 30.2 Å². The molecule has 7 heteroatoms. The van der Waals surface area contributed by atoms with Crippen molar-refractivity contribution < 1.29 is 19.1 Å². The third-order valence-corrected chi connectivity index (χ3v) is 4.00. The van der Waals surface area contributed by atoms with Crippen molar-refractivity contribution in [3.8, 4) is 17.2 Å². The lowest BCUT2D eigenvalue weighted by Gasteiger charge is -2.20. The van der Waals surface area contributed by atoms with Crippen molar-refractivity contribution in [2.45, 2.75) is 13.5 Å². The van der Waals surface area contributed by atoms with Gasteiger partial charge in [-0.2, -0.15) is 0 Å². The maximum atomic E-state index is 10.8. The van der Waals surface area contributed by atoms with Crippen LogP contribution in [0.3, 0.4) is 0 Å². The second-order valence-electron chi connectivity index (χ2n) is 5.66. The Bertz CT molecular complexity index is 750. The fourth-order valence-corrected chi connectivity index (χ4v) is 2.63. The molecule has 0 unspecified atom stereocenters. The first-order valence-corrected chi connectivity index (χ1v) is 8.14. The quantitative estimate of drug-likeness (QED) is 0.541. The smallest absolute Gasteiger partial charge is 0.273 e. The Morgan fingerprint density at radius 3 is 2.84 bits per heavy atom. The number of nitro groups is 1. The van der Waals surface area contributed by atoms with Gasteiger partial charge in [0, 0.05) is 19.2 Å². The largest absolute Gasteiger partial charge is 0.492 e. The number of fused-ring (bicyclic) bond motifs is 1. The van der Waals surface area contributed by atoms with E-state index in [0.29, 0.717) is 18.9 Å². The molecule has 0 radical (unpaired) electrons. The number of non-ortho nitro benzene ring substituents is 1. The van der Waals surface area contributed by atoms with Gasteiger partial charge in [0.15, 0.2) is 11.5 Å². The SMILES string of the molecule is CCN(CCOc1cccc([N+](=O)[O-])c1)Cc1ccc2c(c1)OCO2. The Morgan fingerprint density at radius 2 is 2.04 bits per heavy atom. The summed E-state index contributed by atoms with van der Waals surface area (Å²) in [6.45, 7) is 5.17. The molecule has 1 heterocycles. The van der Waals surface area contributed by atoms with Crippen LogP contribution in [0.15, 0.2) is 42.5 Å². The highest BCUT2D eigenvalue weighted by atomic mass is 16.7. The predicted octanol–water partition coefficient (Wildman–Crippen LogP) is 3.22. The van der Waals surface area contributed by atoms with Gasteiger partial charge in [-0.05, 0) is 30.3 Å². The number of likely N-dealkylation sites (N-methyl/N-ethyl adjacent to an activating group) is 1. The van der Waals surface area contributed by atoms with Crippen molar-refractivity contribution in [3.63, 3.8) is 0 Å². The van der Waals surface area contributed by atoms with Crippen molar-refractivity contribution >= 4 is 5.69 Å². The Hall–Kier alpha value is -2.80. The van der Waals surface area contributed by atoms with E-state index >= 15 is 0 Å². The molecule has 1 aliphatic rings. The highest BCUT2D eigenvalue weighted by Gasteiger charge is 2.14. The Morgan fingerprint density at radius 1 is 1.20 bits per heavy atom. The molecule has 0 amide bonds. The average Bonchev–Trinajstić information content (AvgIpc) is 3.09. The number of ether oxygens (including phenoxy) is 3. The van der Waals surface area contributed by atoms with Gasteiger partial charge in [-0.3, -0.25) is 15.0 Å². The maximum Gasteiger partial charge on any atom is 0.273 e. The summed E-state index contributed by atoms with van der Waals surface area (Å²) < 4.78 is 16.4. The second kappa shape index (κ2) is 7.85. The summed E-state index contributed by atoms with van der Waals surface area (Å²) in [5.41, 5.74) is 1.17. The zero-order chi connectivity index (χ0) is 17.6. The molecule has 0 atom stereocenters. The number of rotatable bonds is 8. The monoisotopic (exact) mass is 344 g/mol. The summed E-state index contributed by atoms with van der Waals surface area (Å²) in [6, 6.07) is 12.2. The van der Waals surface area contributed by atoms with E-state index < -0.39 is 4.92 Å². The molecule has 7 nitrogen and oxygen atoms in total. The average molecular weight is 344 g/mol. The molecule has 2 aromatic carbocycles. The fraction of sp³-hybridized carbons (Fsp3) is 0.333. The zero-order valence-electron chi connectivity index (χ0n) is 14.0. The van der Waals surface area contributed by atoms with Gasteiger partial charge in [-0.1, -0.05) is 19.1 Å². The van der Waals surface area contributed by atoms with Crippen molar-refractivity contribution in [1.29, 1.82) is 0 Å². The molecule has 1 aliphatic heterocycles. The zero-order valence-corrected chi connectivity index (χ0v) is 14.0. The van der Waals surface area contributed by atoms with E-state index in [9.17, 15) is 10.1 Å². The van der Waals surface area contributed by atoms with Gasteiger partial charge in [-0.25, -0.2) is 0 Å². The summed E-state index contributed by atoms with van der Waals surface area (Å²) >= 11 is 0. The Labute approximate surface area is 145 Å². The molecule has 0 aromatic heterocycles. The van der Waals surface area contributed by atoms with Gasteiger partial charge in [0.05, 0.1) is 11.0 Å². The van der Waals surface area contributed by atoms with Gasteiger partial charge >= 0.3 is 0 Å². The van der Waals surface area contributed by atoms with E-state index in [-0.39, 0.29) is 12.5 Å². The van der Waals surface area contributed by atoms with Crippen LogP contribution in [0.25, 0.3) is 0 Å². The first kappa shape index (κ1) is 17.0. The number of benzene rings is 2. The molecule has 0 bridgehead atoms. The van der Waals surface area contributed by atoms with Crippen molar-refractivity contribution in [2.24, 2.45) is 0 Å². The molecular formula is C18H20N2O5. The van der Waals surface area contributed by atoms with Crippen LogP contribution in [0.5, 0.6) is 17.2 Å². The van der Waals surface area contributed by atoms with Crippen molar-refractivity contribution in [2.75, 3.05) is 26.5 Å². The van der Waals surface area contributed by atoms with Crippen LogP contribution < -0.4 is 14.2 Å². The molecule has 0 spiro atoms. The first-order chi connectivity index (χ1) is 12.2. The lowest BCUT2D eigenvalue weighted by atomic mass is 10.2. The van der Waals surface area contributed by atoms with Crippen LogP contribution in [0.4, 0.5) is 5.69 Å². The van der Waals surface area contributed by atoms with Gasteiger partial charge in [0.25, 0.3) is 5.69 Å². The summed E-state index contributed by atoms with van der Waals surface area (Å²) in [5.74, 6) is 2.07. The molecule has 3 rings (SSSR count). The Kier molecular flexibility index (Phi) is 5.35. The minimum absolute atomic E-state index is 0.0326. The molecule has 0 saturated heterocycles. The van der Waals surface area contributed by atoms with Crippen LogP contribution in [0, 0.1) is 10.1 Å². The lowest BCUT2D eigenvalue weighted by molar-refractivity contribution is -0.384. The predicted molar refractivity (Wildman–Crippen MR) is 92.1 cm³/mol. The molecule has 132 valence electrons. The number of hydrogen-bond acceptors (Lipinski definition) is 6. The van der Waals surface area contributed by atoms with Crippen molar-refractivity contribution in [1.82, 2.24) is 4.90 Å². The van der Waals surface area contributed by atoms with Crippen LogP contribution in [0.1, 0.15) is 12.5 Å².